The molecule has 0 saturated heterocycles. The lowest BCUT2D eigenvalue weighted by atomic mass is 9.99. The first kappa shape index (κ1) is 20.7. The molecule has 1 amide bonds. The number of aromatic nitrogens is 2. The number of hydrogen-bond donors (Lipinski definition) is 0. The van der Waals surface area contributed by atoms with Gasteiger partial charge in [0, 0.05) is 5.56 Å². The summed E-state index contributed by atoms with van der Waals surface area (Å²) >= 11 is 0. The van der Waals surface area contributed by atoms with Gasteiger partial charge >= 0.3 is 18.2 Å². The van der Waals surface area contributed by atoms with Crippen molar-refractivity contribution in [1.29, 1.82) is 0 Å². The van der Waals surface area contributed by atoms with Gasteiger partial charge in [-0.05, 0) is 11.0 Å². The third-order valence-electron chi connectivity index (χ3n) is 3.26. The standard InChI is InChI=1S/C17H20F3N3O4/c1-16(2,3)10-26-15(24)23(25-4)9-11-5-7-12(8-6-11)13-21-14(27-22-13)17(18,19)20/h5-8H,9-10H2,1-4H3. The number of halogens is 3. The Balaban J connectivity index is 2.03. The molecule has 7 nitrogen and oxygen atoms in total. The van der Waals surface area contributed by atoms with Crippen LogP contribution in [-0.4, -0.2) is 35.0 Å². The Morgan fingerprint density at radius 2 is 1.81 bits per heavy atom. The molecule has 0 aliphatic carbocycles. The first-order chi connectivity index (χ1) is 12.5. The molecule has 10 heteroatoms. The number of alkyl halides is 3. The van der Waals surface area contributed by atoms with E-state index in [1.54, 1.807) is 12.1 Å². The highest BCUT2D eigenvalue weighted by Crippen LogP contribution is 2.29. The Hall–Kier alpha value is -2.62. The van der Waals surface area contributed by atoms with Gasteiger partial charge in [0.2, 0.25) is 5.82 Å². The lowest BCUT2D eigenvalue weighted by molar-refractivity contribution is -0.159. The molecular weight excluding hydrogens is 367 g/mol. The maximum Gasteiger partial charge on any atom is 0.471 e. The molecule has 2 rings (SSSR count). The highest BCUT2D eigenvalue weighted by atomic mass is 19.4. The van der Waals surface area contributed by atoms with E-state index in [-0.39, 0.29) is 24.4 Å². The largest absolute Gasteiger partial charge is 0.471 e. The van der Waals surface area contributed by atoms with E-state index in [9.17, 15) is 18.0 Å². The van der Waals surface area contributed by atoms with Crippen LogP contribution in [0.3, 0.4) is 0 Å². The predicted octanol–water partition coefficient (Wildman–Crippen LogP) is 4.30. The summed E-state index contributed by atoms with van der Waals surface area (Å²) in [6.07, 6.45) is -5.33. The van der Waals surface area contributed by atoms with Crippen molar-refractivity contribution < 1.29 is 32.1 Å². The summed E-state index contributed by atoms with van der Waals surface area (Å²) in [6, 6.07) is 6.27. The summed E-state index contributed by atoms with van der Waals surface area (Å²) in [5.41, 5.74) is 0.835. The number of rotatable bonds is 5. The summed E-state index contributed by atoms with van der Waals surface area (Å²) < 4.78 is 46.9. The molecule has 0 N–H and O–H groups in total. The quantitative estimate of drug-likeness (QED) is 0.712. The first-order valence-corrected chi connectivity index (χ1v) is 7.98. The van der Waals surface area contributed by atoms with E-state index in [4.69, 9.17) is 9.57 Å². The van der Waals surface area contributed by atoms with Crippen LogP contribution >= 0.6 is 0 Å². The Labute approximate surface area is 154 Å². The van der Waals surface area contributed by atoms with Crippen molar-refractivity contribution in [3.63, 3.8) is 0 Å². The molecule has 0 aliphatic rings. The van der Waals surface area contributed by atoms with Crippen molar-refractivity contribution in [2.75, 3.05) is 13.7 Å². The summed E-state index contributed by atoms with van der Waals surface area (Å²) in [5.74, 6) is -1.59. The number of ether oxygens (including phenoxy) is 1. The van der Waals surface area contributed by atoms with Crippen molar-refractivity contribution in [3.8, 4) is 11.4 Å². The number of benzene rings is 1. The van der Waals surface area contributed by atoms with Gasteiger partial charge in [-0.2, -0.15) is 23.2 Å². The molecular formula is C17H20F3N3O4. The lowest BCUT2D eigenvalue weighted by Crippen LogP contribution is -2.32. The number of nitrogens with zero attached hydrogens (tertiary/aromatic N) is 3. The molecule has 1 heterocycles. The molecule has 0 atom stereocenters. The van der Waals surface area contributed by atoms with E-state index in [0.29, 0.717) is 11.1 Å². The molecule has 27 heavy (non-hydrogen) atoms. The molecule has 1 aromatic heterocycles. The normalized spacial score (nSPS) is 12.1. The summed E-state index contributed by atoms with van der Waals surface area (Å²) in [4.78, 5) is 20.4. The number of hydrogen-bond acceptors (Lipinski definition) is 6. The van der Waals surface area contributed by atoms with Gasteiger partial charge in [-0.25, -0.2) is 4.79 Å². The maximum absolute atomic E-state index is 12.5. The monoisotopic (exact) mass is 387 g/mol. The van der Waals surface area contributed by atoms with E-state index in [0.717, 1.165) is 5.06 Å². The maximum atomic E-state index is 12.5. The second-order valence-electron chi connectivity index (χ2n) is 6.95. The number of carbonyl (C=O) groups is 1. The molecule has 0 saturated carbocycles. The number of carbonyl (C=O) groups excluding carboxylic acids is 1. The molecule has 1 aromatic carbocycles. The second kappa shape index (κ2) is 7.95. The van der Waals surface area contributed by atoms with Gasteiger partial charge in [-0.1, -0.05) is 50.2 Å². The van der Waals surface area contributed by atoms with Gasteiger partial charge in [0.05, 0.1) is 20.3 Å². The Morgan fingerprint density at radius 1 is 1.19 bits per heavy atom. The van der Waals surface area contributed by atoms with Crippen LogP contribution in [0.1, 0.15) is 32.2 Å². The highest BCUT2D eigenvalue weighted by Gasteiger charge is 2.38. The number of amides is 1. The molecule has 0 unspecified atom stereocenters. The minimum atomic E-state index is -4.70. The van der Waals surface area contributed by atoms with E-state index < -0.39 is 18.2 Å². The van der Waals surface area contributed by atoms with Crippen LogP contribution < -0.4 is 0 Å². The van der Waals surface area contributed by atoms with E-state index >= 15 is 0 Å². The Morgan fingerprint density at radius 3 is 2.30 bits per heavy atom. The van der Waals surface area contributed by atoms with E-state index in [1.807, 2.05) is 20.8 Å². The Bertz CT molecular complexity index is 767. The van der Waals surface area contributed by atoms with Crippen molar-refractivity contribution in [3.05, 3.63) is 35.7 Å². The van der Waals surface area contributed by atoms with E-state index in [2.05, 4.69) is 14.7 Å². The van der Waals surface area contributed by atoms with Gasteiger partial charge in [-0.15, -0.1) is 0 Å². The summed E-state index contributed by atoms with van der Waals surface area (Å²) in [7, 11) is 1.34. The average Bonchev–Trinajstić information content (AvgIpc) is 3.08. The zero-order valence-corrected chi connectivity index (χ0v) is 15.3. The average molecular weight is 387 g/mol. The molecule has 0 bridgehead atoms. The van der Waals surface area contributed by atoms with Gasteiger partial charge in [0.15, 0.2) is 0 Å². The van der Waals surface area contributed by atoms with Crippen LogP contribution in [0.5, 0.6) is 0 Å². The van der Waals surface area contributed by atoms with Crippen LogP contribution in [-0.2, 0) is 22.3 Å². The minimum absolute atomic E-state index is 0.0970. The topological polar surface area (TPSA) is 77.7 Å². The van der Waals surface area contributed by atoms with Crippen molar-refractivity contribution in [2.45, 2.75) is 33.5 Å². The van der Waals surface area contributed by atoms with Gasteiger partial charge in [-0.3, -0.25) is 4.84 Å². The van der Waals surface area contributed by atoms with Gasteiger partial charge < -0.3 is 9.26 Å². The van der Waals surface area contributed by atoms with Crippen molar-refractivity contribution in [1.82, 2.24) is 15.2 Å². The fourth-order valence-corrected chi connectivity index (χ4v) is 1.93. The molecule has 0 spiro atoms. The molecule has 148 valence electrons. The lowest BCUT2D eigenvalue weighted by Gasteiger charge is -2.23. The second-order valence-corrected chi connectivity index (χ2v) is 6.95. The fraction of sp³-hybridized carbons (Fsp3) is 0.471. The predicted molar refractivity (Wildman–Crippen MR) is 88.1 cm³/mol. The third kappa shape index (κ3) is 5.95. The minimum Gasteiger partial charge on any atom is -0.447 e. The smallest absolute Gasteiger partial charge is 0.447 e. The summed E-state index contributed by atoms with van der Waals surface area (Å²) in [6.45, 7) is 6.11. The molecule has 0 radical (unpaired) electrons. The van der Waals surface area contributed by atoms with Crippen LogP contribution in [0.25, 0.3) is 11.4 Å². The number of hydroxylamine groups is 2. The molecule has 2 aromatic rings. The molecule has 0 fully saturated rings. The SMILES string of the molecule is CON(Cc1ccc(-c2noc(C(F)(F)F)n2)cc1)C(=O)OCC(C)(C)C. The Kier molecular flexibility index (Phi) is 6.09. The van der Waals surface area contributed by atoms with Crippen LogP contribution in [0.4, 0.5) is 18.0 Å². The first-order valence-electron chi connectivity index (χ1n) is 7.98. The van der Waals surface area contributed by atoms with Gasteiger partial charge in [0.25, 0.3) is 0 Å². The van der Waals surface area contributed by atoms with Crippen LogP contribution in [0.15, 0.2) is 28.8 Å². The summed E-state index contributed by atoms with van der Waals surface area (Å²) in [5, 5.41) is 4.36. The van der Waals surface area contributed by atoms with Crippen LogP contribution in [0.2, 0.25) is 0 Å². The van der Waals surface area contributed by atoms with Crippen LogP contribution in [0, 0.1) is 5.41 Å². The zero-order valence-electron chi connectivity index (χ0n) is 15.3. The van der Waals surface area contributed by atoms with Crippen molar-refractivity contribution >= 4 is 6.09 Å². The van der Waals surface area contributed by atoms with Crippen molar-refractivity contribution in [2.24, 2.45) is 5.41 Å². The van der Waals surface area contributed by atoms with E-state index in [1.165, 1.54) is 19.2 Å². The highest BCUT2D eigenvalue weighted by molar-refractivity contribution is 5.66. The zero-order chi connectivity index (χ0) is 20.2. The fourth-order valence-electron chi connectivity index (χ4n) is 1.93. The van der Waals surface area contributed by atoms with Gasteiger partial charge in [0.1, 0.15) is 0 Å². The molecule has 0 aliphatic heterocycles. The third-order valence-corrected chi connectivity index (χ3v) is 3.26.